The molecule has 0 amide bonds. The Morgan fingerprint density at radius 1 is 1.40 bits per heavy atom. The molecule has 1 unspecified atom stereocenters. The van der Waals surface area contributed by atoms with Crippen molar-refractivity contribution < 1.29 is 4.42 Å². The molecular formula is C13H21NO. The molecule has 0 aliphatic carbocycles. The maximum Gasteiger partial charge on any atom is 0.121 e. The summed E-state index contributed by atoms with van der Waals surface area (Å²) in [5.41, 5.74) is 0. The second-order valence-electron chi connectivity index (χ2n) is 4.40. The molecule has 1 saturated heterocycles. The van der Waals surface area contributed by atoms with Gasteiger partial charge < -0.3 is 9.73 Å². The lowest BCUT2D eigenvalue weighted by Crippen LogP contribution is -2.11. The number of furan rings is 1. The molecule has 1 atom stereocenters. The van der Waals surface area contributed by atoms with Crippen LogP contribution in [0, 0.1) is 0 Å². The van der Waals surface area contributed by atoms with Crippen LogP contribution in [0.1, 0.15) is 63.0 Å². The van der Waals surface area contributed by atoms with E-state index in [9.17, 15) is 0 Å². The molecule has 0 radical (unpaired) electrons. The number of rotatable bonds is 4. The predicted molar refractivity (Wildman–Crippen MR) is 62.0 cm³/mol. The molecule has 2 heterocycles. The minimum Gasteiger partial charge on any atom is -0.464 e. The predicted octanol–water partition coefficient (Wildman–Crippen LogP) is 3.61. The molecule has 1 aromatic heterocycles. The lowest BCUT2D eigenvalue weighted by atomic mass is 10.0. The van der Waals surface area contributed by atoms with Crippen LogP contribution in [0.15, 0.2) is 16.5 Å². The van der Waals surface area contributed by atoms with Gasteiger partial charge in [-0.3, -0.25) is 0 Å². The summed E-state index contributed by atoms with van der Waals surface area (Å²) in [6.07, 6.45) is 4.82. The Kier molecular flexibility index (Phi) is 3.47. The smallest absolute Gasteiger partial charge is 0.121 e. The van der Waals surface area contributed by atoms with E-state index in [0.29, 0.717) is 12.0 Å². The van der Waals surface area contributed by atoms with E-state index in [0.717, 1.165) is 12.3 Å². The van der Waals surface area contributed by atoms with Crippen LogP contribution >= 0.6 is 0 Å². The van der Waals surface area contributed by atoms with E-state index < -0.39 is 0 Å². The molecule has 15 heavy (non-hydrogen) atoms. The Morgan fingerprint density at radius 3 is 2.80 bits per heavy atom. The van der Waals surface area contributed by atoms with Gasteiger partial charge in [0.05, 0.1) is 6.04 Å². The SMILES string of the molecule is CCC(CC)c1ccc(C2CCCN2)o1. The normalized spacial score (nSPS) is 21.4. The summed E-state index contributed by atoms with van der Waals surface area (Å²) in [6.45, 7) is 5.58. The van der Waals surface area contributed by atoms with Gasteiger partial charge in [-0.1, -0.05) is 13.8 Å². The average Bonchev–Trinajstić information content (AvgIpc) is 2.89. The summed E-state index contributed by atoms with van der Waals surface area (Å²) in [6, 6.07) is 4.78. The first-order valence-corrected chi connectivity index (χ1v) is 6.18. The summed E-state index contributed by atoms with van der Waals surface area (Å²) in [5, 5.41) is 3.47. The summed E-state index contributed by atoms with van der Waals surface area (Å²) in [7, 11) is 0. The molecular weight excluding hydrogens is 186 g/mol. The zero-order valence-corrected chi connectivity index (χ0v) is 9.75. The Bertz CT molecular complexity index is 279. The van der Waals surface area contributed by atoms with Crippen molar-refractivity contribution in [3.05, 3.63) is 23.7 Å². The van der Waals surface area contributed by atoms with Gasteiger partial charge in [-0.25, -0.2) is 0 Å². The van der Waals surface area contributed by atoms with Crippen molar-refractivity contribution in [2.45, 2.75) is 51.5 Å². The third kappa shape index (κ3) is 2.25. The second kappa shape index (κ2) is 4.84. The molecule has 2 nitrogen and oxygen atoms in total. The van der Waals surface area contributed by atoms with Gasteiger partial charge in [0.1, 0.15) is 11.5 Å². The zero-order chi connectivity index (χ0) is 10.7. The van der Waals surface area contributed by atoms with Gasteiger partial charge in [0.25, 0.3) is 0 Å². The Labute approximate surface area is 92.1 Å². The van der Waals surface area contributed by atoms with Crippen LogP contribution < -0.4 is 5.32 Å². The lowest BCUT2D eigenvalue weighted by Gasteiger charge is -2.10. The molecule has 1 aromatic rings. The minimum atomic E-state index is 0.466. The van der Waals surface area contributed by atoms with Gasteiger partial charge in [0, 0.05) is 5.92 Å². The highest BCUT2D eigenvalue weighted by Gasteiger charge is 2.20. The third-order valence-corrected chi connectivity index (χ3v) is 3.44. The standard InChI is InChI=1S/C13H21NO/c1-3-10(4-2)12-7-8-13(15-12)11-6-5-9-14-11/h7-8,10-11,14H,3-6,9H2,1-2H3. The van der Waals surface area contributed by atoms with Crippen LogP contribution in [0.3, 0.4) is 0 Å². The third-order valence-electron chi connectivity index (χ3n) is 3.44. The molecule has 0 aromatic carbocycles. The van der Waals surface area contributed by atoms with Crippen molar-refractivity contribution in [2.24, 2.45) is 0 Å². The van der Waals surface area contributed by atoms with Gasteiger partial charge in [0.2, 0.25) is 0 Å². The fraction of sp³-hybridized carbons (Fsp3) is 0.692. The molecule has 2 rings (SSSR count). The van der Waals surface area contributed by atoms with Crippen LogP contribution in [0.5, 0.6) is 0 Å². The number of hydrogen-bond donors (Lipinski definition) is 1. The van der Waals surface area contributed by atoms with Crippen molar-refractivity contribution in [2.75, 3.05) is 6.54 Å². The van der Waals surface area contributed by atoms with Crippen LogP contribution in [0.4, 0.5) is 0 Å². The fourth-order valence-electron chi connectivity index (χ4n) is 2.39. The first kappa shape index (κ1) is 10.7. The Hall–Kier alpha value is -0.760. The molecule has 1 N–H and O–H groups in total. The van der Waals surface area contributed by atoms with Crippen LogP contribution in [-0.2, 0) is 0 Å². The largest absolute Gasteiger partial charge is 0.464 e. The first-order valence-electron chi connectivity index (χ1n) is 6.18. The van der Waals surface area contributed by atoms with E-state index in [1.807, 2.05) is 0 Å². The molecule has 1 fully saturated rings. The van der Waals surface area contributed by atoms with Crippen molar-refractivity contribution >= 4 is 0 Å². The molecule has 2 heteroatoms. The van der Waals surface area contributed by atoms with Crippen molar-refractivity contribution in [1.82, 2.24) is 5.32 Å². The quantitative estimate of drug-likeness (QED) is 0.816. The van der Waals surface area contributed by atoms with Crippen molar-refractivity contribution in [3.63, 3.8) is 0 Å². The highest BCUT2D eigenvalue weighted by molar-refractivity contribution is 5.14. The topological polar surface area (TPSA) is 25.2 Å². The van der Waals surface area contributed by atoms with E-state index in [1.54, 1.807) is 0 Å². The fourth-order valence-corrected chi connectivity index (χ4v) is 2.39. The summed E-state index contributed by atoms with van der Waals surface area (Å²) >= 11 is 0. The molecule has 84 valence electrons. The van der Waals surface area contributed by atoms with E-state index in [1.165, 1.54) is 31.4 Å². The summed E-state index contributed by atoms with van der Waals surface area (Å²) in [5.74, 6) is 2.90. The van der Waals surface area contributed by atoms with Gasteiger partial charge in [0.15, 0.2) is 0 Å². The van der Waals surface area contributed by atoms with E-state index >= 15 is 0 Å². The van der Waals surface area contributed by atoms with E-state index in [4.69, 9.17) is 4.42 Å². The van der Waals surface area contributed by atoms with Gasteiger partial charge in [-0.15, -0.1) is 0 Å². The Balaban J connectivity index is 2.08. The van der Waals surface area contributed by atoms with Crippen LogP contribution in [-0.4, -0.2) is 6.54 Å². The summed E-state index contributed by atoms with van der Waals surface area (Å²) in [4.78, 5) is 0. The summed E-state index contributed by atoms with van der Waals surface area (Å²) < 4.78 is 5.95. The highest BCUT2D eigenvalue weighted by Crippen LogP contribution is 2.30. The highest BCUT2D eigenvalue weighted by atomic mass is 16.3. The first-order chi connectivity index (χ1) is 7.35. The van der Waals surface area contributed by atoms with E-state index in [-0.39, 0.29) is 0 Å². The van der Waals surface area contributed by atoms with Crippen molar-refractivity contribution in [1.29, 1.82) is 0 Å². The number of nitrogens with one attached hydrogen (secondary N) is 1. The van der Waals surface area contributed by atoms with Gasteiger partial charge >= 0.3 is 0 Å². The average molecular weight is 207 g/mol. The van der Waals surface area contributed by atoms with Crippen LogP contribution in [0.2, 0.25) is 0 Å². The lowest BCUT2D eigenvalue weighted by molar-refractivity contribution is 0.387. The van der Waals surface area contributed by atoms with E-state index in [2.05, 4.69) is 31.3 Å². The van der Waals surface area contributed by atoms with Gasteiger partial charge in [-0.2, -0.15) is 0 Å². The van der Waals surface area contributed by atoms with Crippen LogP contribution in [0.25, 0.3) is 0 Å². The Morgan fingerprint density at radius 2 is 2.20 bits per heavy atom. The van der Waals surface area contributed by atoms with Crippen molar-refractivity contribution in [3.8, 4) is 0 Å². The zero-order valence-electron chi connectivity index (χ0n) is 9.75. The molecule has 0 bridgehead atoms. The molecule has 1 aliphatic rings. The molecule has 0 saturated carbocycles. The molecule has 0 spiro atoms. The second-order valence-corrected chi connectivity index (χ2v) is 4.40. The molecule has 1 aliphatic heterocycles. The monoisotopic (exact) mass is 207 g/mol. The minimum absolute atomic E-state index is 0.466. The van der Waals surface area contributed by atoms with Gasteiger partial charge in [-0.05, 0) is 44.4 Å². The number of hydrogen-bond acceptors (Lipinski definition) is 2. The maximum absolute atomic E-state index is 5.95. The maximum atomic E-state index is 5.95.